The molecule has 7 heteroatoms. The fraction of sp³-hybridized carbons (Fsp3) is 0.133. The lowest BCUT2D eigenvalue weighted by Crippen LogP contribution is -2.14. The van der Waals surface area contributed by atoms with Gasteiger partial charge in [0.2, 0.25) is 0 Å². The number of halogens is 1. The Labute approximate surface area is 127 Å². The number of hydrogen-bond donors (Lipinski definition) is 2. The van der Waals surface area contributed by atoms with Crippen LogP contribution in [-0.4, -0.2) is 25.2 Å². The Balaban J connectivity index is 2.36. The minimum Gasteiger partial charge on any atom is -0.506 e. The number of phenolic OH excluding ortho intramolecular Hbond substituents is 1. The molecule has 0 radical (unpaired) electrons. The molecule has 0 spiro atoms. The summed E-state index contributed by atoms with van der Waals surface area (Å²) in [5, 5.41) is 12.0. The first-order valence-corrected chi connectivity index (χ1v) is 8.12. The van der Waals surface area contributed by atoms with Crippen LogP contribution in [0.1, 0.15) is 17.3 Å². The number of rotatable bonds is 4. The van der Waals surface area contributed by atoms with Crippen LogP contribution in [0, 0.1) is 5.82 Å². The van der Waals surface area contributed by atoms with Gasteiger partial charge < -0.3 is 10.4 Å². The van der Waals surface area contributed by atoms with Gasteiger partial charge in [0.05, 0.1) is 21.9 Å². The van der Waals surface area contributed by atoms with Crippen molar-refractivity contribution in [2.24, 2.45) is 0 Å². The topological polar surface area (TPSA) is 83.5 Å². The quantitative estimate of drug-likeness (QED) is 0.847. The number of benzene rings is 2. The smallest absolute Gasteiger partial charge is 0.258 e. The molecule has 0 saturated heterocycles. The third kappa shape index (κ3) is 3.25. The largest absolute Gasteiger partial charge is 0.506 e. The number of carbonyl (C=O) groups is 1. The predicted octanol–water partition coefficient (Wildman–Crippen LogP) is 2.58. The molecule has 0 aromatic heterocycles. The van der Waals surface area contributed by atoms with Gasteiger partial charge in [-0.3, -0.25) is 4.79 Å². The summed E-state index contributed by atoms with van der Waals surface area (Å²) in [5.41, 5.74) is -0.298. The van der Waals surface area contributed by atoms with Crippen LogP contribution in [0.25, 0.3) is 0 Å². The van der Waals surface area contributed by atoms with E-state index in [0.29, 0.717) is 0 Å². The summed E-state index contributed by atoms with van der Waals surface area (Å²) < 4.78 is 37.2. The van der Waals surface area contributed by atoms with E-state index in [1.165, 1.54) is 37.3 Å². The van der Waals surface area contributed by atoms with Gasteiger partial charge in [-0.2, -0.15) is 0 Å². The lowest BCUT2D eigenvalue weighted by atomic mass is 10.2. The van der Waals surface area contributed by atoms with Gasteiger partial charge in [0, 0.05) is 0 Å². The zero-order chi connectivity index (χ0) is 16.3. The first kappa shape index (κ1) is 16.0. The van der Waals surface area contributed by atoms with Gasteiger partial charge in [-0.25, -0.2) is 12.8 Å². The van der Waals surface area contributed by atoms with E-state index in [0.717, 1.165) is 12.1 Å². The number of anilines is 1. The fourth-order valence-corrected chi connectivity index (χ4v) is 2.72. The molecule has 2 N–H and O–H groups in total. The zero-order valence-corrected chi connectivity index (χ0v) is 12.5. The molecule has 5 nitrogen and oxygen atoms in total. The highest BCUT2D eigenvalue weighted by molar-refractivity contribution is 7.91. The molecule has 2 aromatic carbocycles. The number of carbonyl (C=O) groups excluding carboxylic acids is 1. The second-order valence-electron chi connectivity index (χ2n) is 4.52. The van der Waals surface area contributed by atoms with E-state index in [9.17, 15) is 22.7 Å². The maximum absolute atomic E-state index is 13.5. The number of phenols is 1. The van der Waals surface area contributed by atoms with E-state index < -0.39 is 21.6 Å². The molecule has 0 aliphatic rings. The first-order chi connectivity index (χ1) is 10.3. The minimum atomic E-state index is -3.48. The molecule has 0 unspecified atom stereocenters. The van der Waals surface area contributed by atoms with Crippen molar-refractivity contribution < 1.29 is 22.7 Å². The Bertz CT molecular complexity index is 818. The van der Waals surface area contributed by atoms with E-state index >= 15 is 0 Å². The van der Waals surface area contributed by atoms with Crippen LogP contribution in [0.2, 0.25) is 0 Å². The SMILES string of the molecule is CCS(=O)(=O)c1ccc(O)c(NC(=O)c2ccccc2F)c1. The van der Waals surface area contributed by atoms with E-state index in [1.807, 2.05) is 0 Å². The highest BCUT2D eigenvalue weighted by Crippen LogP contribution is 2.27. The van der Waals surface area contributed by atoms with Crippen molar-refractivity contribution in [3.63, 3.8) is 0 Å². The third-order valence-corrected chi connectivity index (χ3v) is 4.81. The number of aromatic hydroxyl groups is 1. The van der Waals surface area contributed by atoms with Gasteiger partial charge in [-0.15, -0.1) is 0 Å². The predicted molar refractivity (Wildman–Crippen MR) is 80.2 cm³/mol. The van der Waals surface area contributed by atoms with Crippen molar-refractivity contribution in [3.8, 4) is 5.75 Å². The standard InChI is InChI=1S/C15H14FNO4S/c1-2-22(20,21)10-7-8-14(18)13(9-10)17-15(19)11-5-3-4-6-12(11)16/h3-9,18H,2H2,1H3,(H,17,19). The molecule has 1 amide bonds. The van der Waals surface area contributed by atoms with Crippen LogP contribution in [0.4, 0.5) is 10.1 Å². The summed E-state index contributed by atoms with van der Waals surface area (Å²) in [6.07, 6.45) is 0. The zero-order valence-electron chi connectivity index (χ0n) is 11.7. The average molecular weight is 323 g/mol. The van der Waals surface area contributed by atoms with Crippen LogP contribution in [0.5, 0.6) is 5.75 Å². The van der Waals surface area contributed by atoms with Crippen molar-refractivity contribution >= 4 is 21.4 Å². The molecule has 0 saturated carbocycles. The molecule has 116 valence electrons. The lowest BCUT2D eigenvalue weighted by Gasteiger charge is -2.10. The molecule has 22 heavy (non-hydrogen) atoms. The molecule has 0 fully saturated rings. The van der Waals surface area contributed by atoms with Gasteiger partial charge in [-0.1, -0.05) is 19.1 Å². The van der Waals surface area contributed by atoms with E-state index in [4.69, 9.17) is 0 Å². The van der Waals surface area contributed by atoms with E-state index in [-0.39, 0.29) is 27.6 Å². The van der Waals surface area contributed by atoms with Gasteiger partial charge in [0.1, 0.15) is 11.6 Å². The van der Waals surface area contributed by atoms with Gasteiger partial charge >= 0.3 is 0 Å². The summed E-state index contributed by atoms with van der Waals surface area (Å²) in [5.74, 6) is -1.91. The monoisotopic (exact) mass is 323 g/mol. The molecule has 0 aliphatic carbocycles. The van der Waals surface area contributed by atoms with Crippen molar-refractivity contribution in [1.82, 2.24) is 0 Å². The summed E-state index contributed by atoms with van der Waals surface area (Å²) in [4.78, 5) is 12.0. The number of sulfone groups is 1. The van der Waals surface area contributed by atoms with E-state index in [2.05, 4.69) is 5.32 Å². The van der Waals surface area contributed by atoms with Crippen molar-refractivity contribution in [2.45, 2.75) is 11.8 Å². The van der Waals surface area contributed by atoms with Crippen LogP contribution >= 0.6 is 0 Å². The van der Waals surface area contributed by atoms with Crippen LogP contribution in [-0.2, 0) is 9.84 Å². The number of hydrogen-bond acceptors (Lipinski definition) is 4. The van der Waals surface area contributed by atoms with Gasteiger partial charge in [0.15, 0.2) is 9.84 Å². The molecule has 0 bridgehead atoms. The molecular formula is C15H14FNO4S. The third-order valence-electron chi connectivity index (χ3n) is 3.07. The summed E-state index contributed by atoms with van der Waals surface area (Å²) >= 11 is 0. The normalized spacial score (nSPS) is 11.2. The Morgan fingerprint density at radius 2 is 1.91 bits per heavy atom. The Hall–Kier alpha value is -2.41. The van der Waals surface area contributed by atoms with Crippen LogP contribution < -0.4 is 5.32 Å². The highest BCUT2D eigenvalue weighted by Gasteiger charge is 2.17. The Morgan fingerprint density at radius 1 is 1.23 bits per heavy atom. The molecule has 0 heterocycles. The molecule has 0 atom stereocenters. The Morgan fingerprint density at radius 3 is 2.55 bits per heavy atom. The lowest BCUT2D eigenvalue weighted by molar-refractivity contribution is 0.102. The number of amides is 1. The maximum Gasteiger partial charge on any atom is 0.258 e. The highest BCUT2D eigenvalue weighted by atomic mass is 32.2. The molecule has 2 rings (SSSR count). The maximum atomic E-state index is 13.5. The summed E-state index contributed by atoms with van der Waals surface area (Å²) in [6, 6.07) is 8.91. The van der Waals surface area contributed by atoms with Crippen LogP contribution in [0.15, 0.2) is 47.4 Å². The first-order valence-electron chi connectivity index (χ1n) is 6.47. The second kappa shape index (κ2) is 6.15. The van der Waals surface area contributed by atoms with Crippen molar-refractivity contribution in [3.05, 3.63) is 53.8 Å². The summed E-state index contributed by atoms with van der Waals surface area (Å²) in [6.45, 7) is 1.49. The van der Waals surface area contributed by atoms with E-state index in [1.54, 1.807) is 0 Å². The second-order valence-corrected chi connectivity index (χ2v) is 6.79. The summed E-state index contributed by atoms with van der Waals surface area (Å²) in [7, 11) is -3.48. The van der Waals surface area contributed by atoms with Crippen molar-refractivity contribution in [2.75, 3.05) is 11.1 Å². The fourth-order valence-electron chi connectivity index (χ4n) is 1.81. The van der Waals surface area contributed by atoms with Gasteiger partial charge in [-0.05, 0) is 30.3 Å². The van der Waals surface area contributed by atoms with Gasteiger partial charge in [0.25, 0.3) is 5.91 Å². The average Bonchev–Trinajstić information content (AvgIpc) is 2.49. The minimum absolute atomic E-state index is 0.0309. The van der Waals surface area contributed by atoms with Crippen molar-refractivity contribution in [1.29, 1.82) is 0 Å². The number of nitrogens with one attached hydrogen (secondary N) is 1. The molecule has 0 aliphatic heterocycles. The van der Waals surface area contributed by atoms with Crippen LogP contribution in [0.3, 0.4) is 0 Å². The molecule has 2 aromatic rings. The molecular weight excluding hydrogens is 309 g/mol. The Kier molecular flexibility index (Phi) is 4.46.